The van der Waals surface area contributed by atoms with Crippen LogP contribution >= 0.6 is 0 Å². The summed E-state index contributed by atoms with van der Waals surface area (Å²) in [5.74, 6) is -0.211. The first-order valence-corrected chi connectivity index (χ1v) is 9.21. The van der Waals surface area contributed by atoms with E-state index in [2.05, 4.69) is 5.32 Å². The zero-order chi connectivity index (χ0) is 19.2. The first kappa shape index (κ1) is 19.0. The summed E-state index contributed by atoms with van der Waals surface area (Å²) in [6.07, 6.45) is 3.31. The van der Waals surface area contributed by atoms with Gasteiger partial charge in [0.05, 0.1) is 0 Å². The summed E-state index contributed by atoms with van der Waals surface area (Å²) in [5.41, 5.74) is 0.348. The van der Waals surface area contributed by atoms with Crippen molar-refractivity contribution in [2.24, 2.45) is 0 Å². The predicted octanol–water partition coefficient (Wildman–Crippen LogP) is 1.48. The van der Waals surface area contributed by atoms with Crippen molar-refractivity contribution in [3.05, 3.63) is 23.8 Å². The molecule has 0 saturated carbocycles. The molecule has 1 atom stereocenters. The quantitative estimate of drug-likeness (QED) is 0.783. The van der Waals surface area contributed by atoms with Gasteiger partial charge in [-0.15, -0.1) is 0 Å². The number of fused-ring (bicyclic) bond motifs is 1. The number of rotatable bonds is 5. The van der Waals surface area contributed by atoms with Crippen molar-refractivity contribution >= 4 is 17.8 Å². The van der Waals surface area contributed by atoms with Crippen LogP contribution in [0.5, 0.6) is 11.5 Å². The van der Waals surface area contributed by atoms with Gasteiger partial charge in [0.1, 0.15) is 6.54 Å². The summed E-state index contributed by atoms with van der Waals surface area (Å²) >= 11 is 0. The molecule has 3 rings (SSSR count). The number of ether oxygens (including phenoxy) is 3. The second-order valence-corrected chi connectivity index (χ2v) is 6.62. The molecule has 0 aliphatic carbocycles. The highest BCUT2D eigenvalue weighted by Gasteiger charge is 2.24. The van der Waals surface area contributed by atoms with Crippen LogP contribution in [-0.2, 0) is 14.3 Å². The predicted molar refractivity (Wildman–Crippen MR) is 95.5 cm³/mol. The standard InChI is InChI=1S/C19H24N2O6/c1-13(19(24)21-8-4-2-3-5-9-21)27-17(22)11-20-18(23)14-6-7-15-16(10-14)26-12-25-15/h6-7,10,13H,2-5,8-9,11-12H2,1H3,(H,20,23)/t13-/m0/s1. The summed E-state index contributed by atoms with van der Waals surface area (Å²) in [5, 5.41) is 2.49. The summed E-state index contributed by atoms with van der Waals surface area (Å²) in [6, 6.07) is 4.77. The molecule has 1 saturated heterocycles. The van der Waals surface area contributed by atoms with E-state index < -0.39 is 18.0 Å². The molecule has 0 bridgehead atoms. The van der Waals surface area contributed by atoms with E-state index in [1.165, 1.54) is 0 Å². The molecule has 0 unspecified atom stereocenters. The van der Waals surface area contributed by atoms with E-state index in [0.717, 1.165) is 25.7 Å². The molecular weight excluding hydrogens is 352 g/mol. The number of esters is 1. The van der Waals surface area contributed by atoms with Gasteiger partial charge in [-0.1, -0.05) is 12.8 Å². The van der Waals surface area contributed by atoms with Crippen LogP contribution in [0.1, 0.15) is 43.0 Å². The lowest BCUT2D eigenvalue weighted by atomic mass is 10.2. The number of carbonyl (C=O) groups is 3. The van der Waals surface area contributed by atoms with Crippen molar-refractivity contribution in [1.29, 1.82) is 0 Å². The Labute approximate surface area is 157 Å². The third kappa shape index (κ3) is 4.90. The third-order valence-electron chi connectivity index (χ3n) is 4.60. The molecule has 27 heavy (non-hydrogen) atoms. The molecule has 8 nitrogen and oxygen atoms in total. The maximum atomic E-state index is 12.4. The van der Waals surface area contributed by atoms with Gasteiger partial charge in [0, 0.05) is 18.7 Å². The van der Waals surface area contributed by atoms with Crippen LogP contribution in [0.25, 0.3) is 0 Å². The molecular formula is C19H24N2O6. The smallest absolute Gasteiger partial charge is 0.326 e. The topological polar surface area (TPSA) is 94.2 Å². The van der Waals surface area contributed by atoms with Crippen LogP contribution in [0.2, 0.25) is 0 Å². The van der Waals surface area contributed by atoms with Crippen molar-refractivity contribution < 1.29 is 28.6 Å². The van der Waals surface area contributed by atoms with Crippen LogP contribution in [0, 0.1) is 0 Å². The number of nitrogens with one attached hydrogen (secondary N) is 1. The van der Waals surface area contributed by atoms with E-state index in [1.807, 2.05) is 0 Å². The van der Waals surface area contributed by atoms with Crippen LogP contribution in [-0.4, -0.2) is 55.2 Å². The normalized spacial score (nSPS) is 17.0. The fraction of sp³-hybridized carbons (Fsp3) is 0.526. The summed E-state index contributed by atoms with van der Waals surface area (Å²) in [4.78, 5) is 38.3. The second-order valence-electron chi connectivity index (χ2n) is 6.62. The summed E-state index contributed by atoms with van der Waals surface area (Å²) < 4.78 is 15.6. The molecule has 1 aromatic rings. The molecule has 8 heteroatoms. The van der Waals surface area contributed by atoms with Crippen molar-refractivity contribution in [2.45, 2.75) is 38.7 Å². The minimum absolute atomic E-state index is 0.121. The van der Waals surface area contributed by atoms with Gasteiger partial charge in [-0.25, -0.2) is 0 Å². The highest BCUT2D eigenvalue weighted by atomic mass is 16.7. The zero-order valence-electron chi connectivity index (χ0n) is 15.4. The van der Waals surface area contributed by atoms with E-state index in [9.17, 15) is 14.4 Å². The van der Waals surface area contributed by atoms with E-state index in [-0.39, 0.29) is 19.2 Å². The Kier molecular flexibility index (Phi) is 6.16. The third-order valence-corrected chi connectivity index (χ3v) is 4.60. The number of benzene rings is 1. The van der Waals surface area contributed by atoms with Crippen LogP contribution in [0.3, 0.4) is 0 Å². The molecule has 0 aromatic heterocycles. The van der Waals surface area contributed by atoms with Crippen LogP contribution < -0.4 is 14.8 Å². The molecule has 0 radical (unpaired) electrons. The first-order valence-electron chi connectivity index (χ1n) is 9.21. The Balaban J connectivity index is 1.45. The SMILES string of the molecule is C[C@H](OC(=O)CNC(=O)c1ccc2c(c1)OCO2)C(=O)N1CCCCCC1. The lowest BCUT2D eigenvalue weighted by Crippen LogP contribution is -2.42. The maximum Gasteiger partial charge on any atom is 0.326 e. The average Bonchev–Trinajstić information content (AvgIpc) is 2.97. The van der Waals surface area contributed by atoms with Gasteiger partial charge >= 0.3 is 5.97 Å². The van der Waals surface area contributed by atoms with Crippen LogP contribution in [0.4, 0.5) is 0 Å². The number of likely N-dealkylation sites (tertiary alicyclic amines) is 1. The van der Waals surface area contributed by atoms with Gasteiger partial charge in [-0.05, 0) is 38.0 Å². The minimum Gasteiger partial charge on any atom is -0.454 e. The maximum absolute atomic E-state index is 12.4. The van der Waals surface area contributed by atoms with Crippen molar-refractivity contribution in [2.75, 3.05) is 26.4 Å². The fourth-order valence-electron chi connectivity index (χ4n) is 3.13. The molecule has 146 valence electrons. The van der Waals surface area contributed by atoms with E-state index in [1.54, 1.807) is 30.0 Å². The minimum atomic E-state index is -0.863. The zero-order valence-corrected chi connectivity index (χ0v) is 15.4. The van der Waals surface area contributed by atoms with Crippen molar-refractivity contribution in [3.63, 3.8) is 0 Å². The fourth-order valence-corrected chi connectivity index (χ4v) is 3.13. The highest BCUT2D eigenvalue weighted by Crippen LogP contribution is 2.32. The molecule has 1 aromatic carbocycles. The van der Waals surface area contributed by atoms with Crippen molar-refractivity contribution in [3.8, 4) is 11.5 Å². The Hall–Kier alpha value is -2.77. The highest BCUT2D eigenvalue weighted by molar-refractivity contribution is 5.96. The number of hydrogen-bond acceptors (Lipinski definition) is 6. The Morgan fingerprint density at radius 2 is 1.81 bits per heavy atom. The Morgan fingerprint density at radius 3 is 2.56 bits per heavy atom. The Morgan fingerprint density at radius 1 is 1.11 bits per heavy atom. The monoisotopic (exact) mass is 376 g/mol. The molecule has 2 aliphatic rings. The lowest BCUT2D eigenvalue weighted by Gasteiger charge is -2.24. The number of hydrogen-bond donors (Lipinski definition) is 1. The number of amides is 2. The van der Waals surface area contributed by atoms with Gasteiger partial charge in [0.15, 0.2) is 17.6 Å². The Bertz CT molecular complexity index is 712. The first-order chi connectivity index (χ1) is 13.0. The summed E-state index contributed by atoms with van der Waals surface area (Å²) in [6.45, 7) is 2.76. The molecule has 1 fully saturated rings. The van der Waals surface area contributed by atoms with Gasteiger partial charge in [0.25, 0.3) is 11.8 Å². The van der Waals surface area contributed by atoms with E-state index in [4.69, 9.17) is 14.2 Å². The molecule has 2 amide bonds. The number of carbonyl (C=O) groups excluding carboxylic acids is 3. The molecule has 2 aliphatic heterocycles. The average molecular weight is 376 g/mol. The van der Waals surface area contributed by atoms with Gasteiger partial charge in [-0.3, -0.25) is 14.4 Å². The van der Waals surface area contributed by atoms with Crippen LogP contribution in [0.15, 0.2) is 18.2 Å². The molecule has 1 N–H and O–H groups in total. The van der Waals surface area contributed by atoms with Crippen molar-refractivity contribution in [1.82, 2.24) is 10.2 Å². The van der Waals surface area contributed by atoms with Gasteiger partial charge < -0.3 is 24.4 Å². The van der Waals surface area contributed by atoms with Gasteiger partial charge in [0.2, 0.25) is 6.79 Å². The largest absolute Gasteiger partial charge is 0.454 e. The molecule has 2 heterocycles. The second kappa shape index (κ2) is 8.75. The van der Waals surface area contributed by atoms with Gasteiger partial charge in [-0.2, -0.15) is 0 Å². The molecule has 0 spiro atoms. The lowest BCUT2D eigenvalue weighted by molar-refractivity contribution is -0.158. The number of nitrogens with zero attached hydrogens (tertiary/aromatic N) is 1. The van der Waals surface area contributed by atoms with E-state index in [0.29, 0.717) is 30.2 Å². The summed E-state index contributed by atoms with van der Waals surface area (Å²) in [7, 11) is 0. The van der Waals surface area contributed by atoms with E-state index >= 15 is 0 Å².